The van der Waals surface area contributed by atoms with Crippen LogP contribution in [0.15, 0.2) is 23.1 Å². The van der Waals surface area contributed by atoms with Crippen molar-refractivity contribution in [2.24, 2.45) is 40.4 Å². The molecule has 1 aliphatic heterocycles. The molecule has 7 rings (SSSR count). The Balaban J connectivity index is 1.21. The number of carboxylic acid groups (broad SMARTS) is 1. The van der Waals surface area contributed by atoms with E-state index in [9.17, 15) is 14.7 Å². The molecule has 7 heteroatoms. The van der Waals surface area contributed by atoms with Gasteiger partial charge in [0.05, 0.1) is 11.2 Å². The van der Waals surface area contributed by atoms with Crippen LogP contribution in [0.1, 0.15) is 88.9 Å². The quantitative estimate of drug-likeness (QED) is 0.442. The normalized spacial score (nSPS) is 39.2. The van der Waals surface area contributed by atoms with Gasteiger partial charge in [-0.25, -0.2) is 9.18 Å². The second-order valence-electron chi connectivity index (χ2n) is 15.2. The van der Waals surface area contributed by atoms with Crippen LogP contribution in [0, 0.1) is 46.2 Å². The number of carbonyl (C=O) groups is 1. The number of carboxylic acids is 1. The number of hydrogen-bond acceptors (Lipinski definition) is 4. The molecule has 6 nitrogen and oxygen atoms in total. The van der Waals surface area contributed by atoms with Crippen molar-refractivity contribution in [1.82, 2.24) is 9.47 Å². The van der Waals surface area contributed by atoms with Crippen molar-refractivity contribution in [3.63, 3.8) is 0 Å². The lowest BCUT2D eigenvalue weighted by Crippen LogP contribution is -2.55. The first-order valence-electron chi connectivity index (χ1n) is 16.5. The van der Waals surface area contributed by atoms with E-state index in [4.69, 9.17) is 0 Å². The predicted octanol–water partition coefficient (Wildman–Crippen LogP) is 6.64. The fourth-order valence-electron chi connectivity index (χ4n) is 11.6. The standard InChI is InChI=1S/C35H48FN3O3/c1-6-38-18-25(33(41)42)32(40)24-16-29(36)31(17-30(24)38)39-19-35-14-12-27-23(28(35)10-9-26(35)20(39)2)8-7-21-15-22(37(4)5)11-13-34(21,27)3/h16-18,20-23,26-28H,6-15,19H2,1-5H3,(H,41,42)/t20-,21-,22-,23+,26+,27-,28-,34-,35-/m0/s1. The lowest BCUT2D eigenvalue weighted by atomic mass is 9.44. The van der Waals surface area contributed by atoms with Crippen LogP contribution in [0.5, 0.6) is 0 Å². The highest BCUT2D eigenvalue weighted by Crippen LogP contribution is 2.70. The minimum absolute atomic E-state index is 0.149. The summed E-state index contributed by atoms with van der Waals surface area (Å²) in [6.07, 6.45) is 13.3. The van der Waals surface area contributed by atoms with E-state index in [-0.39, 0.29) is 22.4 Å². The maximum absolute atomic E-state index is 15.9. The summed E-state index contributed by atoms with van der Waals surface area (Å²) >= 11 is 0. The van der Waals surface area contributed by atoms with Gasteiger partial charge in [0.25, 0.3) is 0 Å². The van der Waals surface area contributed by atoms with Crippen LogP contribution in [0.4, 0.5) is 10.1 Å². The molecule has 1 spiro atoms. The van der Waals surface area contributed by atoms with E-state index in [1.807, 2.05) is 13.0 Å². The maximum atomic E-state index is 15.9. The van der Waals surface area contributed by atoms with Crippen molar-refractivity contribution in [3.8, 4) is 0 Å². The van der Waals surface area contributed by atoms with Gasteiger partial charge in [0.15, 0.2) is 0 Å². The highest BCUT2D eigenvalue weighted by molar-refractivity contribution is 5.93. The number of aromatic carboxylic acids is 1. The molecule has 0 radical (unpaired) electrons. The molecule has 1 saturated heterocycles. The molecule has 1 N–H and O–H groups in total. The van der Waals surface area contributed by atoms with Gasteiger partial charge in [-0.15, -0.1) is 0 Å². The number of halogens is 1. The summed E-state index contributed by atoms with van der Waals surface area (Å²) < 4.78 is 17.7. The van der Waals surface area contributed by atoms with Crippen molar-refractivity contribution in [1.29, 1.82) is 0 Å². The average molecular weight is 578 g/mol. The van der Waals surface area contributed by atoms with E-state index in [1.54, 1.807) is 4.57 Å². The maximum Gasteiger partial charge on any atom is 0.341 e. The van der Waals surface area contributed by atoms with Crippen molar-refractivity contribution in [3.05, 3.63) is 39.9 Å². The molecule has 4 saturated carbocycles. The Hall–Kier alpha value is -2.41. The van der Waals surface area contributed by atoms with Gasteiger partial charge < -0.3 is 19.5 Å². The molecule has 0 bridgehead atoms. The molecule has 9 atom stereocenters. The van der Waals surface area contributed by atoms with Crippen LogP contribution in [0.25, 0.3) is 10.9 Å². The van der Waals surface area contributed by atoms with Gasteiger partial charge in [0.1, 0.15) is 11.4 Å². The summed E-state index contributed by atoms with van der Waals surface area (Å²) in [5.74, 6) is 2.04. The van der Waals surface area contributed by atoms with Crippen LogP contribution in [-0.2, 0) is 6.54 Å². The van der Waals surface area contributed by atoms with E-state index in [2.05, 4.69) is 37.7 Å². The Morgan fingerprint density at radius 1 is 1.07 bits per heavy atom. The smallest absolute Gasteiger partial charge is 0.341 e. The number of rotatable bonds is 4. The van der Waals surface area contributed by atoms with Gasteiger partial charge in [0.2, 0.25) is 5.43 Å². The minimum Gasteiger partial charge on any atom is -0.477 e. The fraction of sp³-hybridized carbons (Fsp3) is 0.714. The van der Waals surface area contributed by atoms with E-state index in [0.717, 1.165) is 30.3 Å². The number of fused-ring (bicyclic) bond motifs is 5. The largest absolute Gasteiger partial charge is 0.477 e. The SMILES string of the molecule is CCn1cc(C(=O)O)c(=O)c2cc(F)c(N3C[C@]45CC[C@H]6[C@@H](CC[C@H]7C[C@@H](N(C)C)CC[C@@]76C)[C@@H]4CC[C@@H]5[C@@H]3C)cc21. The molecular weight excluding hydrogens is 529 g/mol. The van der Waals surface area contributed by atoms with Crippen LogP contribution in [0.2, 0.25) is 0 Å². The molecule has 2 aromatic rings. The number of anilines is 1. The summed E-state index contributed by atoms with van der Waals surface area (Å²) in [6, 6.07) is 4.09. The Bertz CT molecular complexity index is 1490. The van der Waals surface area contributed by atoms with Crippen LogP contribution < -0.4 is 10.3 Å². The number of pyridine rings is 1. The summed E-state index contributed by atoms with van der Waals surface area (Å²) in [5.41, 5.74) is 0.968. The predicted molar refractivity (Wildman–Crippen MR) is 165 cm³/mol. The van der Waals surface area contributed by atoms with Crippen molar-refractivity contribution in [2.75, 3.05) is 25.5 Å². The average Bonchev–Trinajstić information content (AvgIpc) is 3.46. The number of aryl methyl sites for hydroxylation is 1. The first kappa shape index (κ1) is 28.4. The lowest BCUT2D eigenvalue weighted by molar-refractivity contribution is -0.117. The third-order valence-corrected chi connectivity index (χ3v) is 13.7. The number of nitrogens with zero attached hydrogens (tertiary/aromatic N) is 3. The second-order valence-corrected chi connectivity index (χ2v) is 15.2. The van der Waals surface area contributed by atoms with Crippen LogP contribution >= 0.6 is 0 Å². The molecule has 1 aromatic carbocycles. The summed E-state index contributed by atoms with van der Waals surface area (Å²) in [6.45, 7) is 8.25. The van der Waals surface area contributed by atoms with Gasteiger partial charge in [0, 0.05) is 36.8 Å². The number of aromatic nitrogens is 1. The van der Waals surface area contributed by atoms with Gasteiger partial charge in [-0.05, 0) is 138 Å². The zero-order chi connectivity index (χ0) is 29.7. The van der Waals surface area contributed by atoms with E-state index < -0.39 is 17.2 Å². The van der Waals surface area contributed by atoms with Gasteiger partial charge in [-0.1, -0.05) is 6.92 Å². The first-order valence-corrected chi connectivity index (χ1v) is 16.5. The molecule has 0 unspecified atom stereocenters. The molecule has 2 heterocycles. The Morgan fingerprint density at radius 3 is 2.55 bits per heavy atom. The van der Waals surface area contributed by atoms with Crippen molar-refractivity contribution in [2.45, 2.75) is 97.2 Å². The third kappa shape index (κ3) is 3.83. The van der Waals surface area contributed by atoms with Crippen LogP contribution in [0.3, 0.4) is 0 Å². The highest BCUT2D eigenvalue weighted by Gasteiger charge is 2.65. The molecule has 228 valence electrons. The van der Waals surface area contributed by atoms with Gasteiger partial charge >= 0.3 is 5.97 Å². The Morgan fingerprint density at radius 2 is 1.83 bits per heavy atom. The summed E-state index contributed by atoms with van der Waals surface area (Å²) in [7, 11) is 4.50. The molecule has 1 aromatic heterocycles. The third-order valence-electron chi connectivity index (χ3n) is 13.7. The monoisotopic (exact) mass is 577 g/mol. The zero-order valence-electron chi connectivity index (χ0n) is 26.0. The Labute approximate surface area is 249 Å². The first-order chi connectivity index (χ1) is 20.0. The minimum atomic E-state index is -1.27. The lowest BCUT2D eigenvalue weighted by Gasteiger charge is -2.61. The highest BCUT2D eigenvalue weighted by atomic mass is 19.1. The number of hydrogen-bond donors (Lipinski definition) is 1. The van der Waals surface area contributed by atoms with E-state index in [1.165, 1.54) is 70.1 Å². The molecule has 5 aliphatic rings. The topological polar surface area (TPSA) is 65.8 Å². The summed E-state index contributed by atoms with van der Waals surface area (Å²) in [5, 5.41) is 9.70. The zero-order valence-corrected chi connectivity index (χ0v) is 26.0. The van der Waals surface area contributed by atoms with Gasteiger partial charge in [-0.2, -0.15) is 0 Å². The molecular formula is C35H48FN3O3. The summed E-state index contributed by atoms with van der Waals surface area (Å²) in [4.78, 5) is 29.4. The van der Waals surface area contributed by atoms with Gasteiger partial charge in [-0.3, -0.25) is 4.79 Å². The molecule has 4 aliphatic carbocycles. The van der Waals surface area contributed by atoms with Crippen molar-refractivity contribution >= 4 is 22.6 Å². The Kier molecular flexibility index (Phi) is 6.62. The molecule has 0 amide bonds. The molecule has 5 fully saturated rings. The van der Waals surface area contributed by atoms with E-state index in [0.29, 0.717) is 35.0 Å². The second kappa shape index (κ2) is 9.80. The van der Waals surface area contributed by atoms with E-state index >= 15 is 4.39 Å². The number of benzene rings is 1. The fourth-order valence-corrected chi connectivity index (χ4v) is 11.6. The van der Waals surface area contributed by atoms with Crippen LogP contribution in [-0.4, -0.2) is 53.3 Å². The van der Waals surface area contributed by atoms with Crippen molar-refractivity contribution < 1.29 is 14.3 Å². The molecule has 42 heavy (non-hydrogen) atoms.